The number of likely N-dealkylation sites (N-methyl/N-ethyl adjacent to an activating group) is 1. The minimum Gasteiger partial charge on any atom is -0.394 e. The molecular weight excluding hydrogens is 390 g/mol. The SMILES string of the molecule is CN1CCN(c2ccc3c(c2)CN(C(=O)Nc2nn(-c4ccccc4)cc2N)C3)CC1. The highest BCUT2D eigenvalue weighted by molar-refractivity contribution is 5.91. The molecule has 0 aliphatic carbocycles. The molecule has 160 valence electrons. The van der Waals surface area contributed by atoms with Crippen LogP contribution in [0.2, 0.25) is 0 Å². The first-order valence-corrected chi connectivity index (χ1v) is 10.6. The summed E-state index contributed by atoms with van der Waals surface area (Å²) in [5.41, 5.74) is 11.1. The molecule has 3 aromatic rings. The van der Waals surface area contributed by atoms with Crippen LogP contribution in [0.4, 0.5) is 22.0 Å². The third-order valence-electron chi connectivity index (χ3n) is 6.06. The first-order chi connectivity index (χ1) is 15.1. The van der Waals surface area contributed by atoms with Crippen molar-refractivity contribution in [1.29, 1.82) is 0 Å². The van der Waals surface area contributed by atoms with Crippen LogP contribution in [0.15, 0.2) is 54.7 Å². The molecule has 31 heavy (non-hydrogen) atoms. The maximum atomic E-state index is 12.9. The zero-order valence-corrected chi connectivity index (χ0v) is 17.7. The number of hydrogen-bond donors (Lipinski definition) is 2. The number of carbonyl (C=O) groups excluding carboxylic acids is 1. The Hall–Kier alpha value is -3.52. The van der Waals surface area contributed by atoms with Crippen molar-refractivity contribution in [3.8, 4) is 5.69 Å². The second kappa shape index (κ2) is 7.96. The minimum absolute atomic E-state index is 0.192. The lowest BCUT2D eigenvalue weighted by Crippen LogP contribution is -2.44. The minimum atomic E-state index is -0.192. The number of anilines is 3. The van der Waals surface area contributed by atoms with Gasteiger partial charge < -0.3 is 20.4 Å². The first kappa shape index (κ1) is 19.4. The molecule has 8 nitrogen and oxygen atoms in total. The van der Waals surface area contributed by atoms with Crippen LogP contribution in [-0.2, 0) is 13.1 Å². The van der Waals surface area contributed by atoms with Crippen LogP contribution in [0.25, 0.3) is 5.69 Å². The Bertz CT molecular complexity index is 1090. The second-order valence-electron chi connectivity index (χ2n) is 8.24. The summed E-state index contributed by atoms with van der Waals surface area (Å²) in [7, 11) is 2.16. The Morgan fingerprint density at radius 2 is 1.71 bits per heavy atom. The van der Waals surface area contributed by atoms with E-state index in [2.05, 4.69) is 45.5 Å². The summed E-state index contributed by atoms with van der Waals surface area (Å²) in [5.74, 6) is 0.378. The van der Waals surface area contributed by atoms with E-state index in [1.807, 2.05) is 30.3 Å². The van der Waals surface area contributed by atoms with E-state index in [1.165, 1.54) is 16.8 Å². The quantitative estimate of drug-likeness (QED) is 0.685. The number of para-hydroxylation sites is 1. The molecule has 0 radical (unpaired) electrons. The number of urea groups is 1. The molecule has 1 saturated heterocycles. The number of rotatable bonds is 3. The molecule has 0 bridgehead atoms. The van der Waals surface area contributed by atoms with Crippen molar-refractivity contribution in [3.63, 3.8) is 0 Å². The number of benzene rings is 2. The Morgan fingerprint density at radius 3 is 2.48 bits per heavy atom. The van der Waals surface area contributed by atoms with Gasteiger partial charge >= 0.3 is 6.03 Å². The van der Waals surface area contributed by atoms with Gasteiger partial charge in [0.15, 0.2) is 5.82 Å². The maximum Gasteiger partial charge on any atom is 0.323 e. The van der Waals surface area contributed by atoms with Gasteiger partial charge in [0.25, 0.3) is 0 Å². The van der Waals surface area contributed by atoms with Crippen molar-refractivity contribution in [2.75, 3.05) is 49.2 Å². The van der Waals surface area contributed by atoms with Crippen LogP contribution >= 0.6 is 0 Å². The molecule has 0 atom stereocenters. The lowest BCUT2D eigenvalue weighted by molar-refractivity contribution is 0.212. The number of aromatic nitrogens is 2. The van der Waals surface area contributed by atoms with Crippen molar-refractivity contribution in [2.24, 2.45) is 0 Å². The Kier molecular flexibility index (Phi) is 4.99. The lowest BCUT2D eigenvalue weighted by atomic mass is 10.1. The molecule has 1 aromatic heterocycles. The van der Waals surface area contributed by atoms with Crippen molar-refractivity contribution in [2.45, 2.75) is 13.1 Å². The zero-order valence-electron chi connectivity index (χ0n) is 17.7. The van der Waals surface area contributed by atoms with Gasteiger partial charge in [-0.25, -0.2) is 9.48 Å². The van der Waals surface area contributed by atoms with E-state index in [9.17, 15) is 4.79 Å². The van der Waals surface area contributed by atoms with Crippen molar-refractivity contribution < 1.29 is 4.79 Å². The van der Waals surface area contributed by atoms with Gasteiger partial charge in [-0.05, 0) is 42.4 Å². The predicted molar refractivity (Wildman–Crippen MR) is 122 cm³/mol. The lowest BCUT2D eigenvalue weighted by Gasteiger charge is -2.34. The molecule has 0 spiro atoms. The number of hydrogen-bond acceptors (Lipinski definition) is 5. The van der Waals surface area contributed by atoms with Crippen LogP contribution < -0.4 is 16.0 Å². The smallest absolute Gasteiger partial charge is 0.323 e. The summed E-state index contributed by atoms with van der Waals surface area (Å²) in [4.78, 5) is 19.5. The van der Waals surface area contributed by atoms with Gasteiger partial charge in [-0.2, -0.15) is 0 Å². The first-order valence-electron chi connectivity index (χ1n) is 10.6. The number of nitrogens with zero attached hydrogens (tertiary/aromatic N) is 5. The molecule has 8 heteroatoms. The number of nitrogen functional groups attached to an aromatic ring is 1. The number of nitrogens with two attached hydrogens (primary N) is 1. The summed E-state index contributed by atoms with van der Waals surface area (Å²) in [6, 6.07) is 16.0. The summed E-state index contributed by atoms with van der Waals surface area (Å²) in [6.45, 7) is 5.38. The third-order valence-corrected chi connectivity index (χ3v) is 6.06. The summed E-state index contributed by atoms with van der Waals surface area (Å²) in [6.07, 6.45) is 1.71. The highest BCUT2D eigenvalue weighted by Gasteiger charge is 2.26. The molecule has 2 aromatic carbocycles. The summed E-state index contributed by atoms with van der Waals surface area (Å²) < 4.78 is 1.67. The summed E-state index contributed by atoms with van der Waals surface area (Å²) >= 11 is 0. The van der Waals surface area contributed by atoms with Crippen LogP contribution in [0.3, 0.4) is 0 Å². The fraction of sp³-hybridized carbons (Fsp3) is 0.304. The predicted octanol–water partition coefficient (Wildman–Crippen LogP) is 2.75. The van der Waals surface area contributed by atoms with Gasteiger partial charge in [-0.1, -0.05) is 24.3 Å². The van der Waals surface area contributed by atoms with E-state index in [0.29, 0.717) is 24.6 Å². The summed E-state index contributed by atoms with van der Waals surface area (Å²) in [5, 5.41) is 7.32. The van der Waals surface area contributed by atoms with Gasteiger partial charge in [0.05, 0.1) is 17.6 Å². The number of piperazine rings is 1. The topological polar surface area (TPSA) is 82.7 Å². The Morgan fingerprint density at radius 1 is 0.968 bits per heavy atom. The van der Waals surface area contributed by atoms with E-state index < -0.39 is 0 Å². The molecule has 3 N–H and O–H groups in total. The molecule has 1 fully saturated rings. The molecule has 2 aliphatic rings. The molecule has 5 rings (SSSR count). The van der Waals surface area contributed by atoms with Crippen LogP contribution in [0.1, 0.15) is 11.1 Å². The van der Waals surface area contributed by atoms with E-state index in [-0.39, 0.29) is 6.03 Å². The maximum absolute atomic E-state index is 12.9. The number of fused-ring (bicyclic) bond motifs is 1. The zero-order chi connectivity index (χ0) is 21.4. The monoisotopic (exact) mass is 417 g/mol. The van der Waals surface area contributed by atoms with E-state index >= 15 is 0 Å². The standard InChI is InChI=1S/C23H27N7O/c1-27-9-11-28(12-10-27)20-8-7-17-14-29(15-18(17)13-20)23(31)25-22-21(24)16-30(26-22)19-5-3-2-4-6-19/h2-8,13,16H,9-12,14-15,24H2,1H3,(H,25,26,31). The van der Waals surface area contributed by atoms with Crippen molar-refractivity contribution in [3.05, 3.63) is 65.9 Å². The molecule has 2 aliphatic heterocycles. The molecular formula is C23H27N7O. The number of amides is 2. The van der Waals surface area contributed by atoms with Crippen LogP contribution in [-0.4, -0.2) is 58.8 Å². The fourth-order valence-corrected chi connectivity index (χ4v) is 4.16. The Labute approximate surface area is 181 Å². The highest BCUT2D eigenvalue weighted by Crippen LogP contribution is 2.29. The van der Waals surface area contributed by atoms with Crippen LogP contribution in [0, 0.1) is 0 Å². The molecule has 0 saturated carbocycles. The van der Waals surface area contributed by atoms with Gasteiger partial charge in [-0.15, -0.1) is 5.10 Å². The number of nitrogens with one attached hydrogen (secondary N) is 1. The molecule has 2 amide bonds. The molecule has 0 unspecified atom stereocenters. The van der Waals surface area contributed by atoms with Crippen molar-refractivity contribution >= 4 is 23.2 Å². The van der Waals surface area contributed by atoms with Crippen molar-refractivity contribution in [1.82, 2.24) is 19.6 Å². The highest BCUT2D eigenvalue weighted by atomic mass is 16.2. The van der Waals surface area contributed by atoms with E-state index in [4.69, 9.17) is 5.73 Å². The van der Waals surface area contributed by atoms with E-state index in [1.54, 1.807) is 15.8 Å². The third kappa shape index (κ3) is 3.94. The average Bonchev–Trinajstić information content (AvgIpc) is 3.38. The van der Waals surface area contributed by atoms with Gasteiger partial charge in [0.2, 0.25) is 0 Å². The van der Waals surface area contributed by atoms with Gasteiger partial charge in [0.1, 0.15) is 0 Å². The van der Waals surface area contributed by atoms with Gasteiger partial charge in [-0.3, -0.25) is 5.32 Å². The molecule has 3 heterocycles. The average molecular weight is 418 g/mol. The second-order valence-corrected chi connectivity index (χ2v) is 8.24. The number of carbonyl (C=O) groups is 1. The van der Waals surface area contributed by atoms with E-state index in [0.717, 1.165) is 31.9 Å². The van der Waals surface area contributed by atoms with Crippen LogP contribution in [0.5, 0.6) is 0 Å². The Balaban J connectivity index is 1.26. The normalized spacial score (nSPS) is 16.4. The largest absolute Gasteiger partial charge is 0.394 e. The fourth-order valence-electron chi connectivity index (χ4n) is 4.16. The van der Waals surface area contributed by atoms with Gasteiger partial charge in [0, 0.05) is 45.0 Å².